The summed E-state index contributed by atoms with van der Waals surface area (Å²) >= 11 is 0. The summed E-state index contributed by atoms with van der Waals surface area (Å²) in [6, 6.07) is 0.984. The predicted molar refractivity (Wildman–Crippen MR) is 38.6 cm³/mol. The molecule has 1 unspecified atom stereocenters. The Balaban J connectivity index is 2.63. The van der Waals surface area contributed by atoms with Crippen LogP contribution < -0.4 is 5.48 Å². The minimum atomic E-state index is -0.984. The van der Waals surface area contributed by atoms with Crippen LogP contribution in [0.5, 0.6) is 0 Å². The minimum absolute atomic E-state index is 0.184. The lowest BCUT2D eigenvalue weighted by Crippen LogP contribution is -2.19. The van der Waals surface area contributed by atoms with Crippen LogP contribution >= 0.6 is 0 Å². The lowest BCUT2D eigenvalue weighted by atomic mass is 10.1. The van der Waals surface area contributed by atoms with E-state index in [2.05, 4.69) is 0 Å². The van der Waals surface area contributed by atoms with Crippen molar-refractivity contribution in [1.82, 2.24) is 5.48 Å². The molecule has 1 heterocycles. The third-order valence-electron chi connectivity index (χ3n) is 1.48. The van der Waals surface area contributed by atoms with Gasteiger partial charge in [-0.15, -0.1) is 0 Å². The van der Waals surface area contributed by atoms with Gasteiger partial charge in [-0.1, -0.05) is 0 Å². The summed E-state index contributed by atoms with van der Waals surface area (Å²) in [5.41, 5.74) is 2.51. The first-order valence-corrected chi connectivity index (χ1v) is 3.37. The summed E-state index contributed by atoms with van der Waals surface area (Å²) in [4.78, 5) is 10.3. The summed E-state index contributed by atoms with van der Waals surface area (Å²) in [7, 11) is 0. The van der Waals surface area contributed by atoms with Crippen LogP contribution in [0.2, 0.25) is 0 Å². The topological polar surface area (TPSA) is 82.7 Å². The van der Waals surface area contributed by atoms with E-state index in [-0.39, 0.29) is 6.42 Å². The van der Waals surface area contributed by atoms with Crippen LogP contribution in [0.25, 0.3) is 0 Å². The Morgan fingerprint density at radius 3 is 2.92 bits per heavy atom. The molecule has 5 nitrogen and oxygen atoms in total. The number of hydrogen-bond acceptors (Lipinski definition) is 4. The van der Waals surface area contributed by atoms with E-state index in [9.17, 15) is 4.79 Å². The third-order valence-corrected chi connectivity index (χ3v) is 1.48. The zero-order chi connectivity index (χ0) is 8.97. The molecule has 0 amide bonds. The summed E-state index contributed by atoms with van der Waals surface area (Å²) < 4.78 is 4.73. The van der Waals surface area contributed by atoms with E-state index < -0.39 is 12.0 Å². The smallest absolute Gasteiger partial charge is 0.305 e. The molecule has 0 aromatic carbocycles. The molecule has 12 heavy (non-hydrogen) atoms. The van der Waals surface area contributed by atoms with Crippen molar-refractivity contribution in [1.29, 1.82) is 0 Å². The molecule has 1 aromatic rings. The van der Waals surface area contributed by atoms with Crippen molar-refractivity contribution in [3.05, 3.63) is 24.2 Å². The molecule has 3 N–H and O–H groups in total. The number of nitrogens with one attached hydrogen (secondary N) is 1. The summed E-state index contributed by atoms with van der Waals surface area (Å²) in [6.45, 7) is 0. The maximum Gasteiger partial charge on any atom is 0.305 e. The van der Waals surface area contributed by atoms with E-state index in [0.29, 0.717) is 5.56 Å². The van der Waals surface area contributed by atoms with E-state index >= 15 is 0 Å². The van der Waals surface area contributed by atoms with Crippen LogP contribution in [0.15, 0.2) is 23.0 Å². The Morgan fingerprint density at radius 2 is 2.50 bits per heavy atom. The highest BCUT2D eigenvalue weighted by Gasteiger charge is 2.14. The van der Waals surface area contributed by atoms with E-state index in [4.69, 9.17) is 14.7 Å². The highest BCUT2D eigenvalue weighted by molar-refractivity contribution is 5.67. The summed E-state index contributed by atoms with van der Waals surface area (Å²) in [6.07, 6.45) is 2.62. The highest BCUT2D eigenvalue weighted by Crippen LogP contribution is 2.15. The first-order chi connectivity index (χ1) is 5.74. The molecular formula is C7H9NO4. The fourth-order valence-electron chi connectivity index (χ4n) is 0.886. The molecule has 0 radical (unpaired) electrons. The normalized spacial score (nSPS) is 12.8. The molecule has 1 aromatic heterocycles. The number of furan rings is 1. The highest BCUT2D eigenvalue weighted by atomic mass is 16.5. The van der Waals surface area contributed by atoms with Gasteiger partial charge < -0.3 is 14.7 Å². The Morgan fingerprint density at radius 1 is 1.75 bits per heavy atom. The van der Waals surface area contributed by atoms with Crippen molar-refractivity contribution in [2.24, 2.45) is 0 Å². The average molecular weight is 171 g/mol. The fraction of sp³-hybridized carbons (Fsp3) is 0.286. The second-order valence-corrected chi connectivity index (χ2v) is 2.34. The molecule has 0 spiro atoms. The van der Waals surface area contributed by atoms with Crippen molar-refractivity contribution in [3.8, 4) is 0 Å². The quantitative estimate of drug-likeness (QED) is 0.583. The maximum atomic E-state index is 10.3. The SMILES string of the molecule is O=C(O)CC(NO)c1ccoc1. The number of carboxylic acids is 1. The summed E-state index contributed by atoms with van der Waals surface area (Å²) in [5, 5.41) is 17.0. The van der Waals surface area contributed by atoms with Gasteiger partial charge in [-0.25, -0.2) is 0 Å². The number of hydrogen-bond donors (Lipinski definition) is 3. The number of carboxylic acid groups (broad SMARTS) is 1. The Kier molecular flexibility index (Phi) is 2.84. The van der Waals surface area contributed by atoms with Gasteiger partial charge in [0, 0.05) is 5.56 Å². The molecule has 5 heteroatoms. The van der Waals surface area contributed by atoms with Gasteiger partial charge in [0.25, 0.3) is 0 Å². The third kappa shape index (κ3) is 2.08. The van der Waals surface area contributed by atoms with Gasteiger partial charge in [-0.3, -0.25) is 4.79 Å². The van der Waals surface area contributed by atoms with Crippen LogP contribution in [0.1, 0.15) is 18.0 Å². The number of aliphatic carboxylic acids is 1. The molecule has 0 fully saturated rings. The van der Waals surface area contributed by atoms with Crippen LogP contribution in [-0.4, -0.2) is 16.3 Å². The molecule has 0 bridgehead atoms. The maximum absolute atomic E-state index is 10.3. The van der Waals surface area contributed by atoms with Crippen LogP contribution in [0, 0.1) is 0 Å². The molecule has 0 aliphatic carbocycles. The van der Waals surface area contributed by atoms with Gasteiger partial charge in [0.1, 0.15) is 0 Å². The molecule has 1 atom stereocenters. The largest absolute Gasteiger partial charge is 0.481 e. The second kappa shape index (κ2) is 3.89. The average Bonchev–Trinajstić information content (AvgIpc) is 2.51. The van der Waals surface area contributed by atoms with Crippen molar-refractivity contribution in [2.75, 3.05) is 0 Å². The molecule has 0 aliphatic heterocycles. The Labute approximate surface area is 68.6 Å². The molecule has 0 saturated heterocycles. The fourth-order valence-corrected chi connectivity index (χ4v) is 0.886. The van der Waals surface area contributed by atoms with Crippen LogP contribution in [-0.2, 0) is 4.79 Å². The standard InChI is InChI=1S/C7H9NO4/c9-7(10)3-6(8-11)5-1-2-12-4-5/h1-2,4,6,8,11H,3H2,(H,9,10). The van der Waals surface area contributed by atoms with Gasteiger partial charge in [0.15, 0.2) is 0 Å². The summed E-state index contributed by atoms with van der Waals surface area (Å²) in [5.74, 6) is -0.984. The zero-order valence-electron chi connectivity index (χ0n) is 6.23. The molecule has 0 aliphatic rings. The number of carbonyl (C=O) groups is 1. The van der Waals surface area contributed by atoms with Crippen molar-refractivity contribution in [2.45, 2.75) is 12.5 Å². The first kappa shape index (κ1) is 8.76. The predicted octanol–water partition coefficient (Wildman–Crippen LogP) is 0.774. The zero-order valence-corrected chi connectivity index (χ0v) is 6.23. The van der Waals surface area contributed by atoms with Gasteiger partial charge in [-0.2, -0.15) is 5.48 Å². The van der Waals surface area contributed by atoms with Gasteiger partial charge in [0.2, 0.25) is 0 Å². The number of rotatable bonds is 4. The van der Waals surface area contributed by atoms with Crippen molar-refractivity contribution >= 4 is 5.97 Å². The van der Waals surface area contributed by atoms with Gasteiger partial charge in [-0.05, 0) is 6.07 Å². The molecule has 1 rings (SSSR count). The molecular weight excluding hydrogens is 162 g/mol. The van der Waals surface area contributed by atoms with Crippen molar-refractivity contribution in [3.63, 3.8) is 0 Å². The van der Waals surface area contributed by atoms with Gasteiger partial charge >= 0.3 is 5.97 Å². The first-order valence-electron chi connectivity index (χ1n) is 3.37. The van der Waals surface area contributed by atoms with E-state index in [0.717, 1.165) is 0 Å². The van der Waals surface area contributed by atoms with Crippen LogP contribution in [0.4, 0.5) is 0 Å². The van der Waals surface area contributed by atoms with E-state index in [1.807, 2.05) is 5.48 Å². The minimum Gasteiger partial charge on any atom is -0.481 e. The lowest BCUT2D eigenvalue weighted by Gasteiger charge is -2.08. The van der Waals surface area contributed by atoms with E-state index in [1.54, 1.807) is 6.07 Å². The van der Waals surface area contributed by atoms with Crippen molar-refractivity contribution < 1.29 is 19.5 Å². The monoisotopic (exact) mass is 171 g/mol. The molecule has 66 valence electrons. The Hall–Kier alpha value is -1.33. The Bertz CT molecular complexity index is 244. The number of hydroxylamine groups is 1. The second-order valence-electron chi connectivity index (χ2n) is 2.34. The lowest BCUT2D eigenvalue weighted by molar-refractivity contribution is -0.138. The van der Waals surface area contributed by atoms with E-state index in [1.165, 1.54) is 12.5 Å². The molecule has 0 saturated carbocycles. The van der Waals surface area contributed by atoms with Gasteiger partial charge in [0.05, 0.1) is 25.0 Å². The van der Waals surface area contributed by atoms with Crippen LogP contribution in [0.3, 0.4) is 0 Å².